The first kappa shape index (κ1) is 25.4. The maximum atomic E-state index is 10.2. The maximum absolute atomic E-state index is 10.2. The van der Waals surface area contributed by atoms with Gasteiger partial charge >= 0.3 is 0 Å². The molecule has 1 atom stereocenters. The topological polar surface area (TPSA) is 44.7 Å². The van der Waals surface area contributed by atoms with E-state index in [0.717, 1.165) is 25.0 Å². The molecule has 0 aliphatic carbocycles. The fraction of sp³-hybridized carbons (Fsp3) is 0.950. The second-order valence-corrected chi connectivity index (χ2v) is 7.10. The van der Waals surface area contributed by atoms with E-state index >= 15 is 0 Å². The molecule has 3 heteroatoms. The summed E-state index contributed by atoms with van der Waals surface area (Å²) < 4.78 is 0. The monoisotopic (exact) mass is 391 g/mol. The summed E-state index contributed by atoms with van der Waals surface area (Å²) in [5.41, 5.74) is 4.84. The number of unbranched alkanes of at least 4 members (excludes halogenated alkanes) is 9. The van der Waals surface area contributed by atoms with E-state index in [-0.39, 0.29) is 17.0 Å². The molecule has 0 aromatic heterocycles. The lowest BCUT2D eigenvalue weighted by Gasteiger charge is -2.32. The second kappa shape index (κ2) is 17.0. The summed E-state index contributed by atoms with van der Waals surface area (Å²) in [5.74, 6) is 0.806. The van der Waals surface area contributed by atoms with Crippen molar-refractivity contribution >= 4 is 6.29 Å². The lowest BCUT2D eigenvalue weighted by Crippen LogP contribution is -3.00. The lowest BCUT2D eigenvalue weighted by atomic mass is 9.76. The highest BCUT2D eigenvalue weighted by Gasteiger charge is 2.33. The molecule has 1 unspecified atom stereocenters. The fourth-order valence-electron chi connectivity index (χ4n) is 3.63. The minimum Gasteiger partial charge on any atom is -1.00 e. The number of halogens is 1. The summed E-state index contributed by atoms with van der Waals surface area (Å²) in [6, 6.07) is 0. The van der Waals surface area contributed by atoms with Crippen LogP contribution < -0.4 is 22.7 Å². The zero-order valence-electron chi connectivity index (χ0n) is 16.0. The smallest absolute Gasteiger partial charge is 0.119 e. The Morgan fingerprint density at radius 1 is 0.826 bits per heavy atom. The van der Waals surface area contributed by atoms with Gasteiger partial charge in [-0.2, -0.15) is 0 Å². The lowest BCUT2D eigenvalue weighted by molar-refractivity contribution is -0.495. The normalized spacial score (nSPS) is 12.7. The molecule has 0 saturated heterocycles. The average Bonchev–Trinajstić information content (AvgIpc) is 2.55. The van der Waals surface area contributed by atoms with Crippen LogP contribution in [0, 0.1) is 5.92 Å². The molecule has 0 heterocycles. The molecule has 0 radical (unpaired) electrons. The summed E-state index contributed by atoms with van der Waals surface area (Å²) >= 11 is 0. The Balaban J connectivity index is 0. The van der Waals surface area contributed by atoms with Crippen LogP contribution in [0.1, 0.15) is 111 Å². The van der Waals surface area contributed by atoms with Crippen LogP contribution in [0.5, 0.6) is 0 Å². The molecule has 0 spiro atoms. The first-order valence-corrected chi connectivity index (χ1v) is 9.93. The molecular weight excluding hydrogens is 350 g/mol. The number of carbonyl (C=O) groups is 1. The Labute approximate surface area is 156 Å². The first-order valence-electron chi connectivity index (χ1n) is 9.93. The Morgan fingerprint density at radius 3 is 1.65 bits per heavy atom. The number of rotatable bonds is 16. The van der Waals surface area contributed by atoms with Crippen molar-refractivity contribution in [2.24, 2.45) is 5.92 Å². The van der Waals surface area contributed by atoms with Crippen molar-refractivity contribution in [3.8, 4) is 0 Å². The number of aldehydes is 1. The Hall–Kier alpha value is 0.110. The van der Waals surface area contributed by atoms with E-state index in [1.807, 2.05) is 0 Å². The van der Waals surface area contributed by atoms with Gasteiger partial charge in [-0.3, -0.25) is 0 Å². The standard InChI is InChI=1S/C20H41NO.BrH/c1-4-19(20(21,5-2)6-3)17-15-13-11-9-7-8-10-12-14-16-18-22;/h18-19H,4-17,21H2,1-3H3;1H. The Kier molecular flexibility index (Phi) is 18.7. The van der Waals surface area contributed by atoms with Crippen LogP contribution in [0.25, 0.3) is 0 Å². The van der Waals surface area contributed by atoms with Crippen LogP contribution in [0.2, 0.25) is 0 Å². The molecular formula is C20H42BrNO. The van der Waals surface area contributed by atoms with Gasteiger partial charge in [-0.1, -0.05) is 72.1 Å². The van der Waals surface area contributed by atoms with Gasteiger partial charge in [0.05, 0.1) is 5.54 Å². The molecule has 0 saturated carbocycles. The van der Waals surface area contributed by atoms with E-state index in [4.69, 9.17) is 0 Å². The number of hydrogen-bond donors (Lipinski definition) is 1. The summed E-state index contributed by atoms with van der Waals surface area (Å²) in [4.78, 5) is 10.2. The first-order chi connectivity index (χ1) is 10.6. The highest BCUT2D eigenvalue weighted by molar-refractivity contribution is 5.48. The predicted molar refractivity (Wildman–Crippen MR) is 96.8 cm³/mol. The van der Waals surface area contributed by atoms with Crippen LogP contribution >= 0.6 is 0 Å². The van der Waals surface area contributed by atoms with Crippen LogP contribution in [0.4, 0.5) is 0 Å². The van der Waals surface area contributed by atoms with E-state index in [0.29, 0.717) is 5.54 Å². The van der Waals surface area contributed by atoms with E-state index < -0.39 is 0 Å². The van der Waals surface area contributed by atoms with Gasteiger partial charge in [0.1, 0.15) is 6.29 Å². The molecule has 0 aromatic carbocycles. The third-order valence-electron chi connectivity index (χ3n) is 5.64. The molecule has 0 aliphatic rings. The quantitative estimate of drug-likeness (QED) is 0.318. The van der Waals surface area contributed by atoms with E-state index in [1.165, 1.54) is 77.0 Å². The zero-order valence-corrected chi connectivity index (χ0v) is 17.6. The van der Waals surface area contributed by atoms with Gasteiger partial charge < -0.3 is 27.5 Å². The van der Waals surface area contributed by atoms with Gasteiger partial charge in [-0.15, -0.1) is 0 Å². The number of carbonyl (C=O) groups excluding carboxylic acids is 1. The van der Waals surface area contributed by atoms with Gasteiger partial charge in [0, 0.05) is 12.3 Å². The molecule has 0 aromatic rings. The molecule has 0 rings (SSSR count). The molecule has 0 amide bonds. The SMILES string of the molecule is CCC(CCCCCCCCCCCC=O)C([NH3+])(CC)CC.[Br-]. The Morgan fingerprint density at radius 2 is 1.26 bits per heavy atom. The molecule has 23 heavy (non-hydrogen) atoms. The highest BCUT2D eigenvalue weighted by atomic mass is 79.9. The third kappa shape index (κ3) is 12.2. The van der Waals surface area contributed by atoms with Gasteiger partial charge in [0.15, 0.2) is 0 Å². The molecule has 0 bridgehead atoms. The number of quaternary nitrogens is 1. The van der Waals surface area contributed by atoms with Crippen molar-refractivity contribution < 1.29 is 27.5 Å². The maximum Gasteiger partial charge on any atom is 0.119 e. The summed E-state index contributed by atoms with van der Waals surface area (Å²) in [7, 11) is 0. The Bertz CT molecular complexity index is 254. The van der Waals surface area contributed by atoms with Crippen LogP contribution in [0.15, 0.2) is 0 Å². The van der Waals surface area contributed by atoms with Crippen LogP contribution in [-0.2, 0) is 4.79 Å². The largest absolute Gasteiger partial charge is 1.00 e. The van der Waals surface area contributed by atoms with Crippen LogP contribution in [0.3, 0.4) is 0 Å². The minimum absolute atomic E-state index is 0. The predicted octanol–water partition coefficient (Wildman–Crippen LogP) is 2.31. The van der Waals surface area contributed by atoms with Crippen molar-refractivity contribution in [2.45, 2.75) is 116 Å². The van der Waals surface area contributed by atoms with Crippen molar-refractivity contribution in [2.75, 3.05) is 0 Å². The van der Waals surface area contributed by atoms with Crippen molar-refractivity contribution in [1.29, 1.82) is 0 Å². The van der Waals surface area contributed by atoms with Gasteiger partial charge in [-0.05, 0) is 32.1 Å². The zero-order chi connectivity index (χ0) is 16.7. The molecule has 0 aliphatic heterocycles. The molecule has 3 N–H and O–H groups in total. The van der Waals surface area contributed by atoms with E-state index in [9.17, 15) is 4.79 Å². The molecule has 140 valence electrons. The van der Waals surface area contributed by atoms with Gasteiger partial charge in [0.2, 0.25) is 0 Å². The molecule has 2 nitrogen and oxygen atoms in total. The summed E-state index contributed by atoms with van der Waals surface area (Å²) in [5, 5.41) is 0. The second-order valence-electron chi connectivity index (χ2n) is 7.10. The van der Waals surface area contributed by atoms with Crippen molar-refractivity contribution in [3.63, 3.8) is 0 Å². The average molecular weight is 392 g/mol. The van der Waals surface area contributed by atoms with E-state index in [1.54, 1.807) is 0 Å². The third-order valence-corrected chi connectivity index (χ3v) is 5.64. The van der Waals surface area contributed by atoms with Gasteiger partial charge in [-0.25, -0.2) is 0 Å². The van der Waals surface area contributed by atoms with Gasteiger partial charge in [0.25, 0.3) is 0 Å². The number of hydrogen-bond acceptors (Lipinski definition) is 1. The van der Waals surface area contributed by atoms with Crippen molar-refractivity contribution in [1.82, 2.24) is 0 Å². The summed E-state index contributed by atoms with van der Waals surface area (Å²) in [6.45, 7) is 6.93. The van der Waals surface area contributed by atoms with Crippen molar-refractivity contribution in [3.05, 3.63) is 0 Å². The van der Waals surface area contributed by atoms with Crippen LogP contribution in [-0.4, -0.2) is 11.8 Å². The van der Waals surface area contributed by atoms with E-state index in [2.05, 4.69) is 26.5 Å². The minimum atomic E-state index is 0. The highest BCUT2D eigenvalue weighted by Crippen LogP contribution is 2.28. The molecule has 0 fully saturated rings. The summed E-state index contributed by atoms with van der Waals surface area (Å²) in [6.07, 6.45) is 18.8. The fourth-order valence-corrected chi connectivity index (χ4v) is 3.63.